The molecule has 0 aliphatic carbocycles. The van der Waals surface area contributed by atoms with Crippen molar-refractivity contribution in [2.45, 2.75) is 32.6 Å². The summed E-state index contributed by atoms with van der Waals surface area (Å²) >= 11 is 0. The molecule has 1 aliphatic heterocycles. The molecule has 0 bridgehead atoms. The molecule has 0 aromatic heterocycles. The molecule has 0 atom stereocenters. The minimum atomic E-state index is -3.51. The molecule has 1 saturated heterocycles. The normalized spacial score (nSPS) is 16.0. The van der Waals surface area contributed by atoms with Gasteiger partial charge in [0.05, 0.1) is 31.1 Å². The first-order valence-corrected chi connectivity index (χ1v) is 11.4. The van der Waals surface area contributed by atoms with E-state index in [0.29, 0.717) is 37.6 Å². The van der Waals surface area contributed by atoms with Crippen LogP contribution < -0.4 is 10.2 Å². The molecule has 1 amide bonds. The van der Waals surface area contributed by atoms with Crippen LogP contribution in [0, 0.1) is 27.7 Å². The molecule has 156 valence electrons. The predicted molar refractivity (Wildman–Crippen MR) is 115 cm³/mol. The van der Waals surface area contributed by atoms with Gasteiger partial charge in [-0.05, 0) is 56.0 Å². The van der Waals surface area contributed by atoms with E-state index in [1.807, 2.05) is 58.0 Å². The number of benzene rings is 2. The van der Waals surface area contributed by atoms with Crippen molar-refractivity contribution in [3.63, 3.8) is 0 Å². The fraction of sp³-hybridized carbons (Fsp3) is 0.409. The van der Waals surface area contributed by atoms with E-state index in [9.17, 15) is 13.2 Å². The van der Waals surface area contributed by atoms with Crippen molar-refractivity contribution in [3.8, 4) is 0 Å². The van der Waals surface area contributed by atoms with Gasteiger partial charge in [-0.15, -0.1) is 0 Å². The number of para-hydroxylation sites is 1. The Hall–Kier alpha value is -2.22. The van der Waals surface area contributed by atoms with Gasteiger partial charge >= 0.3 is 0 Å². The molecule has 0 saturated carbocycles. The fourth-order valence-electron chi connectivity index (χ4n) is 3.77. The number of hydrogen-bond acceptors (Lipinski definition) is 3. The smallest absolute Gasteiger partial charge is 0.279 e. The summed E-state index contributed by atoms with van der Waals surface area (Å²) in [6.07, 6.45) is 0. The van der Waals surface area contributed by atoms with Crippen LogP contribution in [0.3, 0.4) is 0 Å². The largest absolute Gasteiger partial charge is 0.325 e. The van der Waals surface area contributed by atoms with Gasteiger partial charge in [-0.1, -0.05) is 30.3 Å². The highest BCUT2D eigenvalue weighted by atomic mass is 32.2. The number of rotatable bonds is 5. The number of sulfonamides is 1. The second kappa shape index (κ2) is 8.65. The Morgan fingerprint density at radius 2 is 1.62 bits per heavy atom. The molecular formula is C22H30N3O3S+. The maximum atomic E-state index is 13.0. The summed E-state index contributed by atoms with van der Waals surface area (Å²) < 4.78 is 27.6. The second-order valence-corrected chi connectivity index (χ2v) is 9.82. The van der Waals surface area contributed by atoms with E-state index in [0.717, 1.165) is 32.8 Å². The summed E-state index contributed by atoms with van der Waals surface area (Å²) in [6, 6.07) is 11.4. The number of amides is 1. The molecule has 2 aromatic carbocycles. The molecule has 2 N–H and O–H groups in total. The molecule has 1 fully saturated rings. The average Bonchev–Trinajstić information content (AvgIpc) is 2.67. The van der Waals surface area contributed by atoms with Gasteiger partial charge in [-0.25, -0.2) is 8.42 Å². The standard InChI is InChI=1S/C22H29N3O3S/c1-16-8-9-17(2)20(14-16)29(27,28)25-12-10-24(11-13-25)15-21(26)23-22-18(3)6-5-7-19(22)4/h5-9,14H,10-13,15H2,1-4H3,(H,23,26)/p+1. The summed E-state index contributed by atoms with van der Waals surface area (Å²) in [5, 5.41) is 3.02. The van der Waals surface area contributed by atoms with Crippen molar-refractivity contribution in [1.82, 2.24) is 4.31 Å². The van der Waals surface area contributed by atoms with Crippen molar-refractivity contribution < 1.29 is 18.1 Å². The van der Waals surface area contributed by atoms with Crippen LogP contribution in [0.2, 0.25) is 0 Å². The number of nitrogens with zero attached hydrogens (tertiary/aromatic N) is 1. The Bertz CT molecular complexity index is 990. The van der Waals surface area contributed by atoms with Gasteiger partial charge in [-0.3, -0.25) is 4.79 Å². The summed E-state index contributed by atoms with van der Waals surface area (Å²) in [6.45, 7) is 10.1. The predicted octanol–water partition coefficient (Wildman–Crippen LogP) is 1.45. The zero-order valence-corrected chi connectivity index (χ0v) is 18.4. The number of piperazine rings is 1. The number of quaternary nitrogens is 1. The van der Waals surface area contributed by atoms with E-state index in [-0.39, 0.29) is 5.91 Å². The van der Waals surface area contributed by atoms with Gasteiger partial charge in [-0.2, -0.15) is 4.31 Å². The first-order chi connectivity index (χ1) is 13.7. The van der Waals surface area contributed by atoms with Crippen molar-refractivity contribution in [2.24, 2.45) is 0 Å². The van der Waals surface area contributed by atoms with Gasteiger partial charge in [0.25, 0.3) is 5.91 Å². The Morgan fingerprint density at radius 1 is 1.00 bits per heavy atom. The van der Waals surface area contributed by atoms with Crippen LogP contribution in [0.15, 0.2) is 41.3 Å². The number of hydrogen-bond donors (Lipinski definition) is 2. The van der Waals surface area contributed by atoms with Crippen molar-refractivity contribution in [2.75, 3.05) is 38.0 Å². The average molecular weight is 417 g/mol. The van der Waals surface area contributed by atoms with Crippen LogP contribution in [0.25, 0.3) is 0 Å². The Balaban J connectivity index is 1.60. The Kier molecular flexibility index (Phi) is 6.41. The van der Waals surface area contributed by atoms with Crippen LogP contribution in [0.4, 0.5) is 5.69 Å². The first-order valence-electron chi connectivity index (χ1n) is 9.95. The maximum Gasteiger partial charge on any atom is 0.279 e. The lowest BCUT2D eigenvalue weighted by molar-refractivity contribution is -0.895. The minimum absolute atomic E-state index is 0.0387. The van der Waals surface area contributed by atoms with Gasteiger partial charge in [0.2, 0.25) is 10.0 Å². The highest BCUT2D eigenvalue weighted by molar-refractivity contribution is 7.89. The minimum Gasteiger partial charge on any atom is -0.325 e. The van der Waals surface area contributed by atoms with Gasteiger partial charge < -0.3 is 10.2 Å². The molecule has 29 heavy (non-hydrogen) atoms. The molecule has 3 rings (SSSR count). The van der Waals surface area contributed by atoms with Crippen LogP contribution in [-0.4, -0.2) is 51.4 Å². The first kappa shape index (κ1) is 21.5. The molecule has 1 aliphatic rings. The van der Waals surface area contributed by atoms with E-state index in [4.69, 9.17) is 0 Å². The highest BCUT2D eigenvalue weighted by Crippen LogP contribution is 2.21. The van der Waals surface area contributed by atoms with Crippen LogP contribution in [0.5, 0.6) is 0 Å². The molecule has 1 heterocycles. The lowest BCUT2D eigenvalue weighted by atomic mass is 10.1. The fourth-order valence-corrected chi connectivity index (χ4v) is 5.52. The van der Waals surface area contributed by atoms with Crippen molar-refractivity contribution >= 4 is 21.6 Å². The second-order valence-electron chi connectivity index (χ2n) is 7.91. The number of carbonyl (C=O) groups excluding carboxylic acids is 1. The molecule has 0 unspecified atom stereocenters. The highest BCUT2D eigenvalue weighted by Gasteiger charge is 2.32. The molecular weight excluding hydrogens is 386 g/mol. The molecule has 6 nitrogen and oxygen atoms in total. The summed E-state index contributed by atoms with van der Waals surface area (Å²) in [5.74, 6) is -0.0387. The quantitative estimate of drug-likeness (QED) is 0.775. The van der Waals surface area contributed by atoms with E-state index >= 15 is 0 Å². The van der Waals surface area contributed by atoms with Crippen LogP contribution in [-0.2, 0) is 14.8 Å². The molecule has 2 aromatic rings. The zero-order valence-electron chi connectivity index (χ0n) is 17.6. The lowest BCUT2D eigenvalue weighted by Gasteiger charge is -2.31. The van der Waals surface area contributed by atoms with E-state index in [2.05, 4.69) is 5.32 Å². The molecule has 0 spiro atoms. The maximum absolute atomic E-state index is 13.0. The monoisotopic (exact) mass is 416 g/mol. The van der Waals surface area contributed by atoms with Crippen molar-refractivity contribution in [1.29, 1.82) is 0 Å². The van der Waals surface area contributed by atoms with Gasteiger partial charge in [0, 0.05) is 5.69 Å². The number of carbonyl (C=O) groups is 1. The molecule has 0 radical (unpaired) electrons. The van der Waals surface area contributed by atoms with Crippen LogP contribution in [0.1, 0.15) is 22.3 Å². The van der Waals surface area contributed by atoms with Gasteiger partial charge in [0.1, 0.15) is 0 Å². The number of anilines is 1. The SMILES string of the molecule is Cc1ccc(C)c(S(=O)(=O)N2CC[NH+](CC(=O)Nc3c(C)cccc3C)CC2)c1. The van der Waals surface area contributed by atoms with E-state index < -0.39 is 10.0 Å². The van der Waals surface area contributed by atoms with E-state index in [1.54, 1.807) is 10.4 Å². The van der Waals surface area contributed by atoms with Gasteiger partial charge in [0.15, 0.2) is 6.54 Å². The third-order valence-corrected chi connectivity index (χ3v) is 7.59. The molecule has 7 heteroatoms. The summed E-state index contributed by atoms with van der Waals surface area (Å²) in [4.78, 5) is 14.0. The zero-order chi connectivity index (χ0) is 21.2. The lowest BCUT2D eigenvalue weighted by Crippen LogP contribution is -3.15. The van der Waals surface area contributed by atoms with E-state index in [1.165, 1.54) is 0 Å². The van der Waals surface area contributed by atoms with Crippen molar-refractivity contribution in [3.05, 3.63) is 58.7 Å². The summed E-state index contributed by atoms with van der Waals surface area (Å²) in [7, 11) is -3.51. The Labute approximate surface area is 173 Å². The number of nitrogens with one attached hydrogen (secondary N) is 2. The Morgan fingerprint density at radius 3 is 2.24 bits per heavy atom. The summed E-state index contributed by atoms with van der Waals surface area (Å²) in [5.41, 5.74) is 4.64. The third-order valence-electron chi connectivity index (χ3n) is 5.55. The van der Waals surface area contributed by atoms with Crippen LogP contribution >= 0.6 is 0 Å². The third kappa shape index (κ3) is 4.86. The topological polar surface area (TPSA) is 70.9 Å². The number of aryl methyl sites for hydroxylation is 4.